The molecule has 3 heteroatoms. The molecule has 0 aromatic heterocycles. The first-order valence-corrected chi connectivity index (χ1v) is 5.80. The number of hydrogen-bond acceptors (Lipinski definition) is 0. The van der Waals surface area contributed by atoms with Crippen LogP contribution in [-0.4, -0.2) is 0 Å². The summed E-state index contributed by atoms with van der Waals surface area (Å²) in [4.78, 5) is 0. The van der Waals surface area contributed by atoms with Crippen molar-refractivity contribution in [1.82, 2.24) is 0 Å². The summed E-state index contributed by atoms with van der Waals surface area (Å²) in [6.45, 7) is 11.5. The zero-order valence-electron chi connectivity index (χ0n) is 8.76. The van der Waals surface area contributed by atoms with Gasteiger partial charge in [0.1, 0.15) is 0 Å². The maximum Gasteiger partial charge on any atom is -1.00 e. The summed E-state index contributed by atoms with van der Waals surface area (Å²) in [7, 11) is 0. The second kappa shape index (κ2) is 5.41. The van der Waals surface area contributed by atoms with E-state index in [1.165, 1.54) is 29.9 Å². The fraction of sp³-hybridized carbons (Fsp3) is 0.600. The van der Waals surface area contributed by atoms with Crippen LogP contribution in [0.15, 0.2) is 20.0 Å². The second-order valence-corrected chi connectivity index (χ2v) is 5.67. The monoisotopic (exact) mass is 473 g/mol. The summed E-state index contributed by atoms with van der Waals surface area (Å²) in [6.07, 6.45) is 0. The van der Waals surface area contributed by atoms with Crippen LogP contribution in [0.4, 0.5) is 0 Å². The van der Waals surface area contributed by atoms with Gasteiger partial charge in [0.15, 0.2) is 0 Å². The molecule has 0 aromatic rings. The third kappa shape index (κ3) is 2.66. The molecule has 0 amide bonds. The van der Waals surface area contributed by atoms with E-state index in [1.807, 2.05) is 0 Å². The summed E-state index contributed by atoms with van der Waals surface area (Å²) in [5.74, 6) is 0. The molecule has 0 radical (unpaired) electrons. The third-order valence-corrected chi connectivity index (χ3v) is 6.66. The van der Waals surface area contributed by atoms with E-state index in [0.717, 1.165) is 0 Å². The van der Waals surface area contributed by atoms with E-state index in [4.69, 9.17) is 0 Å². The quantitative estimate of drug-likeness (QED) is 0.334. The molecule has 1 aliphatic carbocycles. The van der Waals surface area contributed by atoms with Crippen molar-refractivity contribution in [1.29, 1.82) is 0 Å². The molecule has 13 heavy (non-hydrogen) atoms. The molecule has 0 saturated heterocycles. The first-order chi connectivity index (χ1) is 4.89. The Morgan fingerprint density at radius 2 is 1.31 bits per heavy atom. The zero-order valence-corrected chi connectivity index (χ0v) is 15.5. The molecule has 0 N–H and O–H groups in total. The molecular weight excluding hydrogens is 458 g/mol. The molecule has 73 valence electrons. The Kier molecular flexibility index (Phi) is 6.96. The average molecular weight is 474 g/mol. The maximum atomic E-state index is 2.34. The van der Waals surface area contributed by atoms with Gasteiger partial charge in [0.2, 0.25) is 0 Å². The zero-order chi connectivity index (χ0) is 8.81. The molecule has 1 rings (SSSR count). The normalized spacial score (nSPS) is 19.9. The number of halogens is 2. The van der Waals surface area contributed by atoms with Crippen molar-refractivity contribution >= 4 is 0 Å². The van der Waals surface area contributed by atoms with E-state index < -0.39 is 0 Å². The summed E-state index contributed by atoms with van der Waals surface area (Å²) in [5.41, 5.74) is 5.03. The standard InChI is InChI=1S/C10H15.2BrH.Hf/c1-7-6-10(4,5)9(3)8(7)2;;;/h1-5H3;2*1H;/q;;;+2/p-2. The van der Waals surface area contributed by atoms with Crippen molar-refractivity contribution in [3.8, 4) is 0 Å². The van der Waals surface area contributed by atoms with Crippen LogP contribution >= 0.6 is 0 Å². The Morgan fingerprint density at radius 3 is 1.38 bits per heavy atom. The molecule has 0 aromatic carbocycles. The van der Waals surface area contributed by atoms with E-state index >= 15 is 0 Å². The molecule has 0 nitrogen and oxygen atoms in total. The van der Waals surface area contributed by atoms with E-state index in [-0.39, 0.29) is 34.0 Å². The minimum atomic E-state index is 0. The van der Waals surface area contributed by atoms with Crippen molar-refractivity contribution in [3.05, 3.63) is 20.0 Å². The molecular formula is C10H15Br2Hf. The van der Waals surface area contributed by atoms with Crippen LogP contribution in [0, 0.1) is 5.41 Å². The van der Waals surface area contributed by atoms with Crippen LogP contribution < -0.4 is 34.0 Å². The van der Waals surface area contributed by atoms with Gasteiger partial charge in [-0.05, 0) is 0 Å². The van der Waals surface area contributed by atoms with E-state index in [9.17, 15) is 0 Å². The molecule has 0 atom stereocenters. The van der Waals surface area contributed by atoms with Gasteiger partial charge in [0.25, 0.3) is 0 Å². The first-order valence-electron chi connectivity index (χ1n) is 4.00. The third-order valence-electron chi connectivity index (χ3n) is 3.06. The van der Waals surface area contributed by atoms with Gasteiger partial charge < -0.3 is 34.0 Å². The predicted octanol–water partition coefficient (Wildman–Crippen LogP) is -2.81. The van der Waals surface area contributed by atoms with Gasteiger partial charge in [-0.25, -0.2) is 0 Å². The largest absolute Gasteiger partial charge is 1.00 e. The van der Waals surface area contributed by atoms with Crippen molar-refractivity contribution in [3.63, 3.8) is 0 Å². The predicted molar refractivity (Wildman–Crippen MR) is 44.9 cm³/mol. The van der Waals surface area contributed by atoms with Crippen LogP contribution in [0.25, 0.3) is 0 Å². The van der Waals surface area contributed by atoms with Crippen LogP contribution in [0.2, 0.25) is 0 Å². The number of hydrogen-bond donors (Lipinski definition) is 0. The van der Waals surface area contributed by atoms with E-state index in [0.29, 0.717) is 5.41 Å². The maximum absolute atomic E-state index is 2.34. The van der Waals surface area contributed by atoms with Gasteiger partial charge in [-0.2, -0.15) is 0 Å². The molecule has 1 aliphatic rings. The molecule has 0 spiro atoms. The molecule has 0 fully saturated rings. The van der Waals surface area contributed by atoms with Crippen LogP contribution in [0.5, 0.6) is 0 Å². The Morgan fingerprint density at radius 1 is 0.923 bits per heavy atom. The van der Waals surface area contributed by atoms with Gasteiger partial charge in [-0.15, -0.1) is 0 Å². The Balaban J connectivity index is 0. The average Bonchev–Trinajstić information content (AvgIpc) is 2.06. The van der Waals surface area contributed by atoms with Crippen LogP contribution in [-0.2, 0) is 24.4 Å². The summed E-state index contributed by atoms with van der Waals surface area (Å²) >= 11 is 1.21. The SMILES string of the molecule is CC1=C(C)C(C)(C)[C]([Hf+2])=C1C.[Br-].[Br-]. The minimum absolute atomic E-state index is 0. The van der Waals surface area contributed by atoms with Crippen LogP contribution in [0.1, 0.15) is 34.6 Å². The topological polar surface area (TPSA) is 0 Å². The molecule has 0 heterocycles. The second-order valence-electron chi connectivity index (χ2n) is 3.88. The van der Waals surface area contributed by atoms with Gasteiger partial charge in [-0.1, -0.05) is 0 Å². The van der Waals surface area contributed by atoms with Crippen molar-refractivity contribution in [2.24, 2.45) is 5.41 Å². The molecule has 0 unspecified atom stereocenters. The van der Waals surface area contributed by atoms with Gasteiger partial charge in [0, 0.05) is 0 Å². The first kappa shape index (κ1) is 16.7. The minimum Gasteiger partial charge on any atom is -1.00 e. The van der Waals surface area contributed by atoms with Crippen molar-refractivity contribution < 1.29 is 58.3 Å². The van der Waals surface area contributed by atoms with Crippen molar-refractivity contribution in [2.45, 2.75) is 34.6 Å². The Bertz CT molecular complexity index is 236. The molecule has 0 aliphatic heterocycles. The van der Waals surface area contributed by atoms with Gasteiger partial charge >= 0.3 is 84.5 Å². The van der Waals surface area contributed by atoms with E-state index in [2.05, 4.69) is 34.6 Å². The van der Waals surface area contributed by atoms with E-state index in [1.54, 1.807) is 14.5 Å². The summed E-state index contributed by atoms with van der Waals surface area (Å²) in [5, 5.41) is 0. The van der Waals surface area contributed by atoms with Crippen molar-refractivity contribution in [2.75, 3.05) is 0 Å². The fourth-order valence-corrected chi connectivity index (χ4v) is 2.94. The Labute approximate surface area is 117 Å². The van der Waals surface area contributed by atoms with Gasteiger partial charge in [0.05, 0.1) is 0 Å². The van der Waals surface area contributed by atoms with Gasteiger partial charge in [-0.3, -0.25) is 0 Å². The number of rotatable bonds is 0. The summed E-state index contributed by atoms with van der Waals surface area (Å²) < 4.78 is 1.67. The summed E-state index contributed by atoms with van der Waals surface area (Å²) in [6, 6.07) is 0. The fourth-order valence-electron chi connectivity index (χ4n) is 1.59. The molecule has 0 saturated carbocycles. The van der Waals surface area contributed by atoms with Crippen LogP contribution in [0.3, 0.4) is 0 Å². The molecule has 0 bridgehead atoms. The number of allylic oxidation sites excluding steroid dienone is 4. The Hall–Kier alpha value is 1.31. The smallest absolute Gasteiger partial charge is 1.00 e.